The molecule has 0 aliphatic carbocycles. The molecule has 1 aliphatic rings. The van der Waals surface area contributed by atoms with Crippen LogP contribution in [0.4, 0.5) is 5.69 Å². The maximum Gasteiger partial charge on any atom is 0.337 e. The van der Waals surface area contributed by atoms with Crippen LogP contribution in [0.15, 0.2) is 22.7 Å². The summed E-state index contributed by atoms with van der Waals surface area (Å²) in [6, 6.07) is 5.05. The first kappa shape index (κ1) is 14.3. The Balaban J connectivity index is 2.34. The van der Waals surface area contributed by atoms with Crippen LogP contribution in [0.3, 0.4) is 0 Å². The molecule has 6 heteroatoms. The minimum Gasteiger partial charge on any atom is -0.465 e. The molecule has 4 nitrogen and oxygen atoms in total. The molecule has 0 saturated carbocycles. The van der Waals surface area contributed by atoms with E-state index in [0.717, 1.165) is 4.47 Å². The Morgan fingerprint density at radius 3 is 2.89 bits per heavy atom. The molecule has 1 atom stereocenters. The van der Waals surface area contributed by atoms with Crippen molar-refractivity contribution in [1.29, 1.82) is 0 Å². The van der Waals surface area contributed by atoms with E-state index in [9.17, 15) is 9.59 Å². The van der Waals surface area contributed by atoms with Gasteiger partial charge >= 0.3 is 5.97 Å². The van der Waals surface area contributed by atoms with E-state index in [4.69, 9.17) is 11.6 Å². The SMILES string of the molecule is COC(=O)c1ccc(Br)c(N2CC(CCl)CC2=O)c1. The molecule has 102 valence electrons. The van der Waals surface area contributed by atoms with Gasteiger partial charge in [0.2, 0.25) is 5.91 Å². The topological polar surface area (TPSA) is 46.6 Å². The first-order chi connectivity index (χ1) is 9.06. The van der Waals surface area contributed by atoms with Crippen LogP contribution in [0.2, 0.25) is 0 Å². The molecule has 1 unspecified atom stereocenters. The number of carbonyl (C=O) groups excluding carboxylic acids is 2. The molecule has 0 bridgehead atoms. The lowest BCUT2D eigenvalue weighted by Gasteiger charge is -2.18. The van der Waals surface area contributed by atoms with E-state index in [1.807, 2.05) is 0 Å². The summed E-state index contributed by atoms with van der Waals surface area (Å²) in [6.07, 6.45) is 0.443. The van der Waals surface area contributed by atoms with Gasteiger partial charge in [0.1, 0.15) is 0 Å². The second-order valence-corrected chi connectivity index (χ2v) is 5.55. The Labute approximate surface area is 124 Å². The van der Waals surface area contributed by atoms with Crippen molar-refractivity contribution in [3.05, 3.63) is 28.2 Å². The molecule has 1 fully saturated rings. The molecular formula is C13H13BrClNO3. The van der Waals surface area contributed by atoms with Crippen molar-refractivity contribution in [2.75, 3.05) is 24.4 Å². The van der Waals surface area contributed by atoms with Crippen LogP contribution in [-0.4, -0.2) is 31.4 Å². The predicted octanol–water partition coefficient (Wildman–Crippen LogP) is 2.83. The third kappa shape index (κ3) is 2.92. The summed E-state index contributed by atoms with van der Waals surface area (Å²) in [5.74, 6) is 0.210. The second-order valence-electron chi connectivity index (χ2n) is 4.39. The fraction of sp³-hybridized carbons (Fsp3) is 0.385. The number of esters is 1. The molecule has 1 saturated heterocycles. The van der Waals surface area contributed by atoms with Gasteiger partial charge in [-0.05, 0) is 40.0 Å². The van der Waals surface area contributed by atoms with Crippen molar-refractivity contribution >= 4 is 45.1 Å². The third-order valence-corrected chi connectivity index (χ3v) is 4.19. The van der Waals surface area contributed by atoms with Crippen LogP contribution in [-0.2, 0) is 9.53 Å². The van der Waals surface area contributed by atoms with E-state index in [0.29, 0.717) is 30.1 Å². The molecule has 1 heterocycles. The number of ether oxygens (including phenoxy) is 1. The summed E-state index contributed by atoms with van der Waals surface area (Å²) in [5, 5.41) is 0. The molecular weight excluding hydrogens is 334 g/mol. The monoisotopic (exact) mass is 345 g/mol. The molecule has 1 aliphatic heterocycles. The molecule has 0 radical (unpaired) electrons. The average molecular weight is 347 g/mol. The maximum atomic E-state index is 12.0. The van der Waals surface area contributed by atoms with E-state index in [1.165, 1.54) is 7.11 Å². The average Bonchev–Trinajstić information content (AvgIpc) is 2.79. The summed E-state index contributed by atoms with van der Waals surface area (Å²) in [7, 11) is 1.33. The standard InChI is InChI=1S/C13H13BrClNO3/c1-19-13(18)9-2-3-10(14)11(5-9)16-7-8(6-15)4-12(16)17/h2-3,5,8H,4,6-7H2,1H3. The minimum atomic E-state index is -0.422. The summed E-state index contributed by atoms with van der Waals surface area (Å²) < 4.78 is 5.45. The highest BCUT2D eigenvalue weighted by Crippen LogP contribution is 2.32. The van der Waals surface area contributed by atoms with Crippen molar-refractivity contribution in [1.82, 2.24) is 0 Å². The molecule has 0 spiro atoms. The van der Waals surface area contributed by atoms with Crippen LogP contribution in [0.1, 0.15) is 16.8 Å². The van der Waals surface area contributed by atoms with E-state index >= 15 is 0 Å². The van der Waals surface area contributed by atoms with Gasteiger partial charge in [0.15, 0.2) is 0 Å². The van der Waals surface area contributed by atoms with Gasteiger partial charge in [-0.15, -0.1) is 11.6 Å². The fourth-order valence-corrected chi connectivity index (χ4v) is 2.75. The van der Waals surface area contributed by atoms with Crippen molar-refractivity contribution in [3.8, 4) is 0 Å². The van der Waals surface area contributed by atoms with Gasteiger partial charge in [-0.2, -0.15) is 0 Å². The molecule has 1 amide bonds. The van der Waals surface area contributed by atoms with Gasteiger partial charge in [-0.1, -0.05) is 0 Å². The predicted molar refractivity (Wildman–Crippen MR) is 76.7 cm³/mol. The third-order valence-electron chi connectivity index (χ3n) is 3.08. The van der Waals surface area contributed by atoms with E-state index < -0.39 is 5.97 Å². The second kappa shape index (κ2) is 5.92. The molecule has 19 heavy (non-hydrogen) atoms. The van der Waals surface area contributed by atoms with Crippen molar-refractivity contribution < 1.29 is 14.3 Å². The molecule has 1 aromatic carbocycles. The fourth-order valence-electron chi connectivity index (χ4n) is 2.08. The Hall–Kier alpha value is -1.07. The smallest absolute Gasteiger partial charge is 0.337 e. The number of amides is 1. The first-order valence-corrected chi connectivity index (χ1v) is 7.13. The van der Waals surface area contributed by atoms with Crippen molar-refractivity contribution in [3.63, 3.8) is 0 Å². The van der Waals surface area contributed by atoms with E-state index in [1.54, 1.807) is 23.1 Å². The van der Waals surface area contributed by atoms with Crippen LogP contribution in [0.25, 0.3) is 0 Å². The number of rotatable bonds is 3. The van der Waals surface area contributed by atoms with Gasteiger partial charge in [-0.3, -0.25) is 4.79 Å². The van der Waals surface area contributed by atoms with Gasteiger partial charge in [0.25, 0.3) is 0 Å². The number of benzene rings is 1. The van der Waals surface area contributed by atoms with E-state index in [2.05, 4.69) is 20.7 Å². The van der Waals surface area contributed by atoms with E-state index in [-0.39, 0.29) is 11.8 Å². The minimum absolute atomic E-state index is 0.0216. The summed E-state index contributed by atoms with van der Waals surface area (Å²) in [6.45, 7) is 0.575. The lowest BCUT2D eigenvalue weighted by atomic mass is 10.1. The molecule has 0 N–H and O–H groups in total. The molecule has 2 rings (SSSR count). The molecule has 0 aromatic heterocycles. The number of hydrogen-bond acceptors (Lipinski definition) is 3. The summed E-state index contributed by atoms with van der Waals surface area (Å²) >= 11 is 9.21. The Kier molecular flexibility index (Phi) is 4.47. The van der Waals surface area contributed by atoms with Crippen molar-refractivity contribution in [2.24, 2.45) is 5.92 Å². The van der Waals surface area contributed by atoms with Crippen LogP contribution in [0, 0.1) is 5.92 Å². The molecule has 1 aromatic rings. The Bertz CT molecular complexity index is 521. The number of carbonyl (C=O) groups is 2. The van der Waals surface area contributed by atoms with Gasteiger partial charge in [0, 0.05) is 23.3 Å². The van der Waals surface area contributed by atoms with Crippen LogP contribution < -0.4 is 4.90 Å². The zero-order chi connectivity index (χ0) is 14.0. The Morgan fingerprint density at radius 2 is 2.32 bits per heavy atom. The highest BCUT2D eigenvalue weighted by molar-refractivity contribution is 9.10. The quantitative estimate of drug-likeness (QED) is 0.624. The lowest BCUT2D eigenvalue weighted by Crippen LogP contribution is -2.25. The maximum absolute atomic E-state index is 12.0. The number of halogens is 2. The number of hydrogen-bond donors (Lipinski definition) is 0. The van der Waals surface area contributed by atoms with Gasteiger partial charge < -0.3 is 9.64 Å². The largest absolute Gasteiger partial charge is 0.465 e. The summed E-state index contributed by atoms with van der Waals surface area (Å²) in [4.78, 5) is 25.2. The van der Waals surface area contributed by atoms with Gasteiger partial charge in [0.05, 0.1) is 18.4 Å². The van der Waals surface area contributed by atoms with Gasteiger partial charge in [-0.25, -0.2) is 4.79 Å². The lowest BCUT2D eigenvalue weighted by molar-refractivity contribution is -0.117. The zero-order valence-corrected chi connectivity index (χ0v) is 12.7. The first-order valence-electron chi connectivity index (χ1n) is 5.81. The number of anilines is 1. The number of alkyl halides is 1. The zero-order valence-electron chi connectivity index (χ0n) is 10.4. The number of nitrogens with zero attached hydrogens (tertiary/aromatic N) is 1. The van der Waals surface area contributed by atoms with Crippen LogP contribution >= 0.6 is 27.5 Å². The highest BCUT2D eigenvalue weighted by Gasteiger charge is 2.31. The highest BCUT2D eigenvalue weighted by atomic mass is 79.9. The van der Waals surface area contributed by atoms with Crippen molar-refractivity contribution in [2.45, 2.75) is 6.42 Å². The number of methoxy groups -OCH3 is 1. The summed E-state index contributed by atoms with van der Waals surface area (Å²) in [5.41, 5.74) is 1.10. The normalized spacial score (nSPS) is 18.8. The Morgan fingerprint density at radius 1 is 1.58 bits per heavy atom. The van der Waals surface area contributed by atoms with Crippen LogP contribution in [0.5, 0.6) is 0 Å².